The fraction of sp³-hybridized carbons (Fsp3) is 0.692. The maximum Gasteiger partial charge on any atom is 0.407 e. The van der Waals surface area contributed by atoms with E-state index in [1.165, 1.54) is 0 Å². The van der Waals surface area contributed by atoms with Gasteiger partial charge in [-0.1, -0.05) is 13.3 Å². The molecule has 0 saturated carbocycles. The molecule has 5 heteroatoms. The van der Waals surface area contributed by atoms with Crippen LogP contribution in [0.1, 0.15) is 46.2 Å². The lowest BCUT2D eigenvalue weighted by Crippen LogP contribution is -2.32. The summed E-state index contributed by atoms with van der Waals surface area (Å²) >= 11 is 0. The summed E-state index contributed by atoms with van der Waals surface area (Å²) in [6, 6.07) is 0. The molecule has 1 aromatic heterocycles. The van der Waals surface area contributed by atoms with Crippen LogP contribution < -0.4 is 5.32 Å². The minimum atomic E-state index is -0.466. The lowest BCUT2D eigenvalue weighted by molar-refractivity contribution is 0.0522. The lowest BCUT2D eigenvalue weighted by Gasteiger charge is -2.19. The van der Waals surface area contributed by atoms with E-state index in [-0.39, 0.29) is 0 Å². The van der Waals surface area contributed by atoms with Crippen LogP contribution in [0.3, 0.4) is 0 Å². The van der Waals surface area contributed by atoms with Crippen LogP contribution in [0.25, 0.3) is 0 Å². The normalized spacial score (nSPS) is 11.3. The van der Waals surface area contributed by atoms with E-state index in [1.807, 2.05) is 20.8 Å². The van der Waals surface area contributed by atoms with Gasteiger partial charge in [0, 0.05) is 12.7 Å². The summed E-state index contributed by atoms with van der Waals surface area (Å²) in [5, 5.41) is 2.74. The van der Waals surface area contributed by atoms with Gasteiger partial charge in [0.2, 0.25) is 0 Å². The van der Waals surface area contributed by atoms with Crippen LogP contribution in [-0.2, 0) is 17.8 Å². The van der Waals surface area contributed by atoms with Gasteiger partial charge in [-0.05, 0) is 27.2 Å². The maximum atomic E-state index is 11.5. The third kappa shape index (κ3) is 5.21. The Balaban J connectivity index is 2.43. The Kier molecular flexibility index (Phi) is 5.19. The highest BCUT2D eigenvalue weighted by Crippen LogP contribution is 2.07. The number of nitrogens with one attached hydrogen (secondary N) is 1. The Bertz CT molecular complexity index is 380. The molecule has 0 atom stereocenters. The largest absolute Gasteiger partial charge is 0.444 e. The molecule has 0 aliphatic rings. The average molecular weight is 253 g/mol. The predicted molar refractivity (Wildman–Crippen MR) is 70.2 cm³/mol. The SMILES string of the molecule is CCCCn1cncc1CNC(=O)OC(C)(C)C. The third-order valence-corrected chi connectivity index (χ3v) is 2.36. The Morgan fingerprint density at radius 2 is 2.22 bits per heavy atom. The quantitative estimate of drug-likeness (QED) is 0.877. The number of nitrogens with zero attached hydrogens (tertiary/aromatic N) is 2. The van der Waals surface area contributed by atoms with Crippen molar-refractivity contribution in [2.24, 2.45) is 0 Å². The van der Waals surface area contributed by atoms with Crippen molar-refractivity contribution in [3.05, 3.63) is 18.2 Å². The van der Waals surface area contributed by atoms with Gasteiger partial charge in [0.25, 0.3) is 0 Å². The summed E-state index contributed by atoms with van der Waals surface area (Å²) in [6.07, 6.45) is 5.41. The summed E-state index contributed by atoms with van der Waals surface area (Å²) < 4.78 is 7.23. The summed E-state index contributed by atoms with van der Waals surface area (Å²) in [5.41, 5.74) is 0.529. The van der Waals surface area contributed by atoms with Crippen molar-refractivity contribution >= 4 is 6.09 Å². The van der Waals surface area contributed by atoms with Crippen molar-refractivity contribution in [1.82, 2.24) is 14.9 Å². The topological polar surface area (TPSA) is 56.2 Å². The van der Waals surface area contributed by atoms with Crippen LogP contribution in [0.2, 0.25) is 0 Å². The summed E-state index contributed by atoms with van der Waals surface area (Å²) in [7, 11) is 0. The van der Waals surface area contributed by atoms with Crippen LogP contribution in [0.15, 0.2) is 12.5 Å². The van der Waals surface area contributed by atoms with Gasteiger partial charge in [-0.2, -0.15) is 0 Å². The number of unbranched alkanes of at least 4 members (excludes halogenated alkanes) is 1. The molecule has 0 saturated heterocycles. The minimum absolute atomic E-state index is 0.397. The number of ether oxygens (including phenoxy) is 1. The van der Waals surface area contributed by atoms with Crippen molar-refractivity contribution in [3.8, 4) is 0 Å². The second kappa shape index (κ2) is 6.42. The molecule has 1 aromatic rings. The fourth-order valence-corrected chi connectivity index (χ4v) is 1.50. The number of hydrogen-bond donors (Lipinski definition) is 1. The zero-order valence-electron chi connectivity index (χ0n) is 11.7. The van der Waals surface area contributed by atoms with Gasteiger partial charge in [-0.25, -0.2) is 9.78 Å². The molecule has 1 amide bonds. The molecule has 5 nitrogen and oxygen atoms in total. The molecule has 0 aliphatic carbocycles. The molecule has 0 fully saturated rings. The van der Waals surface area contributed by atoms with Gasteiger partial charge < -0.3 is 14.6 Å². The molecule has 0 spiro atoms. The Morgan fingerprint density at radius 3 is 2.83 bits per heavy atom. The van der Waals surface area contributed by atoms with E-state index in [0.29, 0.717) is 6.54 Å². The van der Waals surface area contributed by atoms with E-state index < -0.39 is 11.7 Å². The molecule has 0 bridgehead atoms. The molecule has 1 heterocycles. The van der Waals surface area contributed by atoms with Gasteiger partial charge in [0.1, 0.15) is 5.60 Å². The Labute approximate surface area is 109 Å². The summed E-state index contributed by atoms with van der Waals surface area (Å²) in [6.45, 7) is 9.06. The molecular weight excluding hydrogens is 230 g/mol. The second-order valence-electron chi connectivity index (χ2n) is 5.29. The summed E-state index contributed by atoms with van der Waals surface area (Å²) in [4.78, 5) is 15.6. The number of amides is 1. The predicted octanol–water partition coefficient (Wildman–Crippen LogP) is 2.71. The average Bonchev–Trinajstić information content (AvgIpc) is 2.68. The van der Waals surface area contributed by atoms with Gasteiger partial charge in [-0.15, -0.1) is 0 Å². The van der Waals surface area contributed by atoms with Crippen LogP contribution in [0.4, 0.5) is 4.79 Å². The first-order valence-corrected chi connectivity index (χ1v) is 6.38. The van der Waals surface area contributed by atoms with Crippen molar-refractivity contribution in [1.29, 1.82) is 0 Å². The molecule has 0 aromatic carbocycles. The molecule has 0 unspecified atom stereocenters. The lowest BCUT2D eigenvalue weighted by atomic mass is 10.2. The van der Waals surface area contributed by atoms with E-state index in [1.54, 1.807) is 12.5 Å². The number of alkyl carbamates (subject to hydrolysis) is 1. The first-order valence-electron chi connectivity index (χ1n) is 6.38. The highest BCUT2D eigenvalue weighted by atomic mass is 16.6. The number of aryl methyl sites for hydroxylation is 1. The molecule has 18 heavy (non-hydrogen) atoms. The molecular formula is C13H23N3O2. The first kappa shape index (κ1) is 14.5. The molecule has 1 rings (SSSR count). The van der Waals surface area contributed by atoms with Crippen LogP contribution in [0.5, 0.6) is 0 Å². The maximum absolute atomic E-state index is 11.5. The third-order valence-electron chi connectivity index (χ3n) is 2.36. The van der Waals surface area contributed by atoms with Crippen LogP contribution >= 0.6 is 0 Å². The van der Waals surface area contributed by atoms with E-state index in [0.717, 1.165) is 25.1 Å². The minimum Gasteiger partial charge on any atom is -0.444 e. The number of carbonyl (C=O) groups excluding carboxylic acids is 1. The van der Waals surface area contributed by atoms with Crippen molar-refractivity contribution in [3.63, 3.8) is 0 Å². The van der Waals surface area contributed by atoms with Crippen molar-refractivity contribution in [2.45, 2.75) is 59.2 Å². The molecule has 0 aliphatic heterocycles. The van der Waals surface area contributed by atoms with Gasteiger partial charge in [-0.3, -0.25) is 0 Å². The highest BCUT2D eigenvalue weighted by Gasteiger charge is 2.16. The number of imidazole rings is 1. The highest BCUT2D eigenvalue weighted by molar-refractivity contribution is 5.67. The molecule has 1 N–H and O–H groups in total. The second-order valence-corrected chi connectivity index (χ2v) is 5.29. The van der Waals surface area contributed by atoms with Crippen molar-refractivity contribution in [2.75, 3.05) is 0 Å². The standard InChI is InChI=1S/C13H23N3O2/c1-5-6-7-16-10-14-8-11(16)9-15-12(17)18-13(2,3)4/h8,10H,5-7,9H2,1-4H3,(H,15,17). The van der Waals surface area contributed by atoms with E-state index in [4.69, 9.17) is 4.74 Å². The Hall–Kier alpha value is -1.52. The Morgan fingerprint density at radius 1 is 1.50 bits per heavy atom. The van der Waals surface area contributed by atoms with Gasteiger partial charge >= 0.3 is 6.09 Å². The zero-order chi connectivity index (χ0) is 13.6. The number of hydrogen-bond acceptors (Lipinski definition) is 3. The number of aromatic nitrogens is 2. The van der Waals surface area contributed by atoms with Crippen molar-refractivity contribution < 1.29 is 9.53 Å². The number of rotatable bonds is 5. The van der Waals surface area contributed by atoms with Crippen LogP contribution in [-0.4, -0.2) is 21.2 Å². The number of carbonyl (C=O) groups is 1. The van der Waals surface area contributed by atoms with E-state index >= 15 is 0 Å². The zero-order valence-corrected chi connectivity index (χ0v) is 11.7. The fourth-order valence-electron chi connectivity index (χ4n) is 1.50. The van der Waals surface area contributed by atoms with Crippen LogP contribution in [0, 0.1) is 0 Å². The molecule has 102 valence electrons. The summed E-state index contributed by atoms with van der Waals surface area (Å²) in [5.74, 6) is 0. The van der Waals surface area contributed by atoms with E-state index in [9.17, 15) is 4.79 Å². The molecule has 0 radical (unpaired) electrons. The van der Waals surface area contributed by atoms with Gasteiger partial charge in [0.05, 0.1) is 18.6 Å². The van der Waals surface area contributed by atoms with E-state index in [2.05, 4.69) is 21.8 Å². The first-order chi connectivity index (χ1) is 8.42. The smallest absolute Gasteiger partial charge is 0.407 e. The van der Waals surface area contributed by atoms with Gasteiger partial charge in [0.15, 0.2) is 0 Å². The monoisotopic (exact) mass is 253 g/mol.